The maximum absolute atomic E-state index is 2.53. The molecule has 0 fully saturated rings. The smallest absolute Gasteiger partial charge is 0.237 e. The molecule has 0 aliphatic rings. The van der Waals surface area contributed by atoms with Crippen LogP contribution in [-0.2, 0) is 20.0 Å². The van der Waals surface area contributed by atoms with Crippen molar-refractivity contribution in [2.24, 2.45) is 7.05 Å². The molecule has 1 heterocycles. The average Bonchev–Trinajstić information content (AvgIpc) is 3.15. The minimum Gasteiger partial charge on any atom is -0.237 e. The van der Waals surface area contributed by atoms with Crippen molar-refractivity contribution in [2.45, 2.75) is 168 Å². The fourth-order valence-electron chi connectivity index (χ4n) is 4.97. The van der Waals surface area contributed by atoms with Gasteiger partial charge in [-0.25, -0.2) is 9.13 Å². The van der Waals surface area contributed by atoms with Crippen LogP contribution in [0, 0.1) is 0 Å². The van der Waals surface area contributed by atoms with Crippen molar-refractivity contribution in [1.82, 2.24) is 4.57 Å². The van der Waals surface area contributed by atoms with Crippen LogP contribution >= 0.6 is 0 Å². The second kappa shape index (κ2) is 22.0. The van der Waals surface area contributed by atoms with Crippen LogP contribution in [0.3, 0.4) is 0 Å². The van der Waals surface area contributed by atoms with E-state index < -0.39 is 0 Å². The first-order valence-electron chi connectivity index (χ1n) is 14.8. The Morgan fingerprint density at radius 3 is 1.34 bits per heavy atom. The second-order valence-electron chi connectivity index (χ2n) is 10.3. The van der Waals surface area contributed by atoms with Crippen molar-refractivity contribution in [1.29, 1.82) is 0 Å². The fraction of sp³-hybridized carbons (Fsp3) is 0.900. The van der Waals surface area contributed by atoms with Gasteiger partial charge in [-0.2, -0.15) is 0 Å². The lowest BCUT2D eigenvalue weighted by Crippen LogP contribution is -2.32. The molecular weight excluding hydrogens is 388 g/mol. The topological polar surface area (TPSA) is 8.81 Å². The van der Waals surface area contributed by atoms with Crippen molar-refractivity contribution in [2.75, 3.05) is 0 Å². The maximum Gasteiger partial charge on any atom is 0.256 e. The Kier molecular flexibility index (Phi) is 20.1. The Labute approximate surface area is 202 Å². The normalized spacial score (nSPS) is 11.5. The van der Waals surface area contributed by atoms with Gasteiger partial charge in [0.25, 0.3) is 5.82 Å². The molecule has 2 nitrogen and oxygen atoms in total. The van der Waals surface area contributed by atoms with E-state index >= 15 is 0 Å². The quantitative estimate of drug-likeness (QED) is 0.110. The molecule has 1 rings (SSSR count). The molecule has 1 aromatic rings. The first-order chi connectivity index (χ1) is 15.8. The Morgan fingerprint density at radius 2 is 0.906 bits per heavy atom. The highest BCUT2D eigenvalue weighted by Gasteiger charge is 2.13. The van der Waals surface area contributed by atoms with Gasteiger partial charge in [0.05, 0.1) is 13.6 Å². The minimum atomic E-state index is 1.21. The number of hydrogen-bond donors (Lipinski definition) is 0. The lowest BCUT2D eigenvalue weighted by Gasteiger charge is -2.05. The third-order valence-corrected chi connectivity index (χ3v) is 7.22. The molecule has 0 saturated heterocycles. The SMILES string of the molecule is CCCCCCCCCCCCCCCCn1cc[n+](C)c1CCCCCCCCCC. The van der Waals surface area contributed by atoms with Gasteiger partial charge in [0, 0.05) is 6.42 Å². The molecule has 1 aromatic heterocycles. The highest BCUT2D eigenvalue weighted by atomic mass is 15.1. The number of imidazole rings is 1. The molecule has 0 amide bonds. The van der Waals surface area contributed by atoms with Gasteiger partial charge in [-0.15, -0.1) is 0 Å². The number of nitrogens with zero attached hydrogens (tertiary/aromatic N) is 2. The van der Waals surface area contributed by atoms with Gasteiger partial charge < -0.3 is 0 Å². The molecular formula is C30H59N2+. The predicted molar refractivity (Wildman–Crippen MR) is 142 cm³/mol. The molecule has 0 atom stereocenters. The van der Waals surface area contributed by atoms with Crippen LogP contribution in [0.15, 0.2) is 12.4 Å². The molecule has 0 aliphatic carbocycles. The second-order valence-corrected chi connectivity index (χ2v) is 10.3. The van der Waals surface area contributed by atoms with E-state index in [4.69, 9.17) is 0 Å². The van der Waals surface area contributed by atoms with Crippen LogP contribution in [0.1, 0.15) is 161 Å². The van der Waals surface area contributed by atoms with E-state index in [2.05, 4.69) is 42.4 Å². The number of hydrogen-bond acceptors (Lipinski definition) is 0. The van der Waals surface area contributed by atoms with E-state index in [0.29, 0.717) is 0 Å². The van der Waals surface area contributed by atoms with Crippen LogP contribution in [0.25, 0.3) is 0 Å². The van der Waals surface area contributed by atoms with Crippen molar-refractivity contribution < 1.29 is 4.57 Å². The van der Waals surface area contributed by atoms with Gasteiger partial charge in [0.1, 0.15) is 12.4 Å². The Bertz CT molecular complexity index is 505. The number of aromatic nitrogens is 2. The van der Waals surface area contributed by atoms with E-state index in [0.717, 1.165) is 0 Å². The Balaban J connectivity index is 1.96. The summed E-state index contributed by atoms with van der Waals surface area (Å²) in [5.74, 6) is 1.53. The minimum absolute atomic E-state index is 1.21. The maximum atomic E-state index is 2.53. The van der Waals surface area contributed by atoms with E-state index in [1.165, 1.54) is 160 Å². The molecule has 188 valence electrons. The van der Waals surface area contributed by atoms with Gasteiger partial charge in [0.15, 0.2) is 0 Å². The van der Waals surface area contributed by atoms with Crippen LogP contribution in [0.5, 0.6) is 0 Å². The van der Waals surface area contributed by atoms with Gasteiger partial charge in [-0.05, 0) is 19.3 Å². The van der Waals surface area contributed by atoms with Crippen LogP contribution in [0.4, 0.5) is 0 Å². The first-order valence-corrected chi connectivity index (χ1v) is 14.8. The van der Waals surface area contributed by atoms with E-state index in [-0.39, 0.29) is 0 Å². The van der Waals surface area contributed by atoms with E-state index in [9.17, 15) is 0 Å². The number of unbranched alkanes of at least 4 members (excludes halogenated alkanes) is 20. The lowest BCUT2D eigenvalue weighted by molar-refractivity contribution is -0.678. The molecule has 32 heavy (non-hydrogen) atoms. The molecule has 0 radical (unpaired) electrons. The zero-order valence-corrected chi connectivity index (χ0v) is 22.5. The summed E-state index contributed by atoms with van der Waals surface area (Å²) in [5.41, 5.74) is 0. The van der Waals surface area contributed by atoms with Gasteiger partial charge in [-0.3, -0.25) is 0 Å². The number of aryl methyl sites for hydroxylation is 2. The van der Waals surface area contributed by atoms with Crippen LogP contribution < -0.4 is 4.57 Å². The van der Waals surface area contributed by atoms with Crippen molar-refractivity contribution >= 4 is 0 Å². The highest BCUT2D eigenvalue weighted by Crippen LogP contribution is 2.14. The molecule has 0 N–H and O–H groups in total. The molecule has 0 bridgehead atoms. The molecule has 0 spiro atoms. The zero-order chi connectivity index (χ0) is 23.1. The van der Waals surface area contributed by atoms with Crippen molar-refractivity contribution in [3.63, 3.8) is 0 Å². The Hall–Kier alpha value is -0.790. The van der Waals surface area contributed by atoms with Gasteiger partial charge in [-0.1, -0.05) is 136 Å². The lowest BCUT2D eigenvalue weighted by atomic mass is 10.0. The monoisotopic (exact) mass is 447 g/mol. The summed E-state index contributed by atoms with van der Waals surface area (Å²) in [6, 6.07) is 0. The fourth-order valence-corrected chi connectivity index (χ4v) is 4.97. The number of rotatable bonds is 24. The predicted octanol–water partition coefficient (Wildman–Crippen LogP) is 9.48. The summed E-state index contributed by atoms with van der Waals surface area (Å²) in [4.78, 5) is 0. The summed E-state index contributed by atoms with van der Waals surface area (Å²) in [6.07, 6.45) is 37.2. The van der Waals surface area contributed by atoms with E-state index in [1.807, 2.05) is 0 Å². The van der Waals surface area contributed by atoms with Crippen LogP contribution in [-0.4, -0.2) is 4.57 Å². The third-order valence-electron chi connectivity index (χ3n) is 7.22. The summed E-state index contributed by atoms with van der Waals surface area (Å²) in [7, 11) is 2.22. The third kappa shape index (κ3) is 15.9. The van der Waals surface area contributed by atoms with Crippen molar-refractivity contribution in [3.05, 3.63) is 18.2 Å². The molecule has 0 aliphatic heterocycles. The molecule has 0 saturated carbocycles. The zero-order valence-electron chi connectivity index (χ0n) is 22.5. The summed E-state index contributed by atoms with van der Waals surface area (Å²) in [5, 5.41) is 0. The van der Waals surface area contributed by atoms with Gasteiger partial charge in [0.2, 0.25) is 0 Å². The van der Waals surface area contributed by atoms with Crippen molar-refractivity contribution in [3.8, 4) is 0 Å². The summed E-state index contributed by atoms with van der Waals surface area (Å²) in [6.45, 7) is 5.81. The Morgan fingerprint density at radius 1 is 0.531 bits per heavy atom. The first kappa shape index (κ1) is 29.2. The van der Waals surface area contributed by atoms with E-state index in [1.54, 1.807) is 0 Å². The molecule has 2 heteroatoms. The standard InChI is InChI=1S/C30H59N2/c1-4-6-8-10-12-14-15-16-17-18-19-21-23-25-27-32-29-28-31(3)30(32)26-24-22-20-13-11-9-7-5-2/h28-29H,4-27H2,1-3H3/q+1. The largest absolute Gasteiger partial charge is 0.256 e. The summed E-state index contributed by atoms with van der Waals surface area (Å²) < 4.78 is 4.88. The molecule has 0 unspecified atom stereocenters. The van der Waals surface area contributed by atoms with Gasteiger partial charge >= 0.3 is 0 Å². The summed E-state index contributed by atoms with van der Waals surface area (Å²) >= 11 is 0. The van der Waals surface area contributed by atoms with Crippen LogP contribution in [0.2, 0.25) is 0 Å². The average molecular weight is 448 g/mol. The molecule has 0 aromatic carbocycles. The highest BCUT2D eigenvalue weighted by molar-refractivity contribution is 4.84.